The van der Waals surface area contributed by atoms with Crippen LogP contribution in [0, 0.1) is 0 Å². The zero-order valence-corrected chi connectivity index (χ0v) is 13.9. The van der Waals surface area contributed by atoms with Crippen molar-refractivity contribution in [2.24, 2.45) is 0 Å². The summed E-state index contributed by atoms with van der Waals surface area (Å²) in [6.45, 7) is 0. The number of nitrogens with zero attached hydrogens (tertiary/aromatic N) is 3. The molecule has 0 atom stereocenters. The summed E-state index contributed by atoms with van der Waals surface area (Å²) in [4.78, 5) is 16.0. The number of hydrogen-bond acceptors (Lipinski definition) is 3. The van der Waals surface area contributed by atoms with Gasteiger partial charge in [-0.05, 0) is 43.2 Å². The lowest BCUT2D eigenvalue weighted by Gasteiger charge is -2.11. The van der Waals surface area contributed by atoms with Gasteiger partial charge in [0, 0.05) is 23.9 Å². The van der Waals surface area contributed by atoms with Gasteiger partial charge in [0.1, 0.15) is 11.3 Å². The summed E-state index contributed by atoms with van der Waals surface area (Å²) in [5.74, 6) is -1.20. The molecule has 1 fully saturated rings. The van der Waals surface area contributed by atoms with E-state index in [9.17, 15) is 23.1 Å². The maximum Gasteiger partial charge on any atom is 0.416 e. The Balaban J connectivity index is 1.95. The van der Waals surface area contributed by atoms with Crippen LogP contribution in [0.15, 0.2) is 48.8 Å². The van der Waals surface area contributed by atoms with Gasteiger partial charge in [-0.1, -0.05) is 6.07 Å². The van der Waals surface area contributed by atoms with Crippen LogP contribution in [0.1, 0.15) is 40.4 Å². The van der Waals surface area contributed by atoms with Crippen LogP contribution < -0.4 is 0 Å². The van der Waals surface area contributed by atoms with Crippen molar-refractivity contribution in [3.63, 3.8) is 0 Å². The summed E-state index contributed by atoms with van der Waals surface area (Å²) in [7, 11) is 0. The highest BCUT2D eigenvalue weighted by Gasteiger charge is 2.37. The first-order chi connectivity index (χ1) is 12.9. The first-order valence-electron chi connectivity index (χ1n) is 8.30. The number of aromatic nitrogens is 3. The minimum Gasteiger partial charge on any atom is -0.478 e. The van der Waals surface area contributed by atoms with E-state index in [2.05, 4.69) is 10.1 Å². The number of aromatic carboxylic acids is 1. The summed E-state index contributed by atoms with van der Waals surface area (Å²) in [6, 6.07) is 8.07. The Hall–Kier alpha value is -3.16. The van der Waals surface area contributed by atoms with Gasteiger partial charge >= 0.3 is 12.1 Å². The van der Waals surface area contributed by atoms with Crippen LogP contribution in [0.3, 0.4) is 0 Å². The van der Waals surface area contributed by atoms with E-state index in [0.29, 0.717) is 11.3 Å². The Bertz CT molecular complexity index is 1010. The molecule has 3 aromatic rings. The quantitative estimate of drug-likeness (QED) is 0.730. The molecule has 5 nitrogen and oxygen atoms in total. The van der Waals surface area contributed by atoms with Gasteiger partial charge in [-0.25, -0.2) is 9.48 Å². The van der Waals surface area contributed by atoms with Gasteiger partial charge in [-0.3, -0.25) is 4.98 Å². The van der Waals surface area contributed by atoms with E-state index < -0.39 is 17.7 Å². The lowest BCUT2D eigenvalue weighted by atomic mass is 10.1. The number of pyridine rings is 1. The van der Waals surface area contributed by atoms with Gasteiger partial charge in [0.25, 0.3) is 0 Å². The van der Waals surface area contributed by atoms with E-state index in [0.717, 1.165) is 25.0 Å². The molecule has 4 rings (SSSR count). The number of carboxylic acid groups (broad SMARTS) is 1. The van der Waals surface area contributed by atoms with Crippen molar-refractivity contribution < 1.29 is 23.1 Å². The van der Waals surface area contributed by atoms with E-state index >= 15 is 0 Å². The molecular formula is C19H14F3N3O2. The van der Waals surface area contributed by atoms with Crippen molar-refractivity contribution in [1.29, 1.82) is 0 Å². The Morgan fingerprint density at radius 2 is 1.96 bits per heavy atom. The summed E-state index contributed by atoms with van der Waals surface area (Å²) in [6.07, 6.45) is 0.0943. The summed E-state index contributed by atoms with van der Waals surface area (Å²) in [5.41, 5.74) is 0.530. The minimum absolute atomic E-state index is 0.0166. The summed E-state index contributed by atoms with van der Waals surface area (Å²) >= 11 is 0. The third-order valence-electron chi connectivity index (χ3n) is 4.45. The summed E-state index contributed by atoms with van der Waals surface area (Å²) in [5, 5.41) is 14.2. The fraction of sp³-hybridized carbons (Fsp3) is 0.211. The molecule has 0 unspecified atom stereocenters. The number of hydrogen-bond donors (Lipinski definition) is 1. The van der Waals surface area contributed by atoms with Crippen LogP contribution in [0.2, 0.25) is 0 Å². The van der Waals surface area contributed by atoms with Crippen LogP contribution in [-0.2, 0) is 6.18 Å². The van der Waals surface area contributed by atoms with Crippen LogP contribution in [-0.4, -0.2) is 25.8 Å². The van der Waals surface area contributed by atoms with Gasteiger partial charge < -0.3 is 5.11 Å². The maximum atomic E-state index is 13.1. The molecule has 1 N–H and O–H groups in total. The molecule has 27 heavy (non-hydrogen) atoms. The fourth-order valence-electron chi connectivity index (χ4n) is 3.09. The Morgan fingerprint density at radius 3 is 2.56 bits per heavy atom. The zero-order chi connectivity index (χ0) is 19.2. The molecule has 2 heterocycles. The molecule has 138 valence electrons. The van der Waals surface area contributed by atoms with Crippen LogP contribution >= 0.6 is 0 Å². The molecule has 1 aliphatic carbocycles. The van der Waals surface area contributed by atoms with E-state index in [1.807, 2.05) is 0 Å². The third kappa shape index (κ3) is 3.18. The topological polar surface area (TPSA) is 68.0 Å². The Morgan fingerprint density at radius 1 is 1.19 bits per heavy atom. The van der Waals surface area contributed by atoms with Gasteiger partial charge in [0.05, 0.1) is 16.9 Å². The van der Waals surface area contributed by atoms with Crippen LogP contribution in [0.4, 0.5) is 13.2 Å². The van der Waals surface area contributed by atoms with Crippen molar-refractivity contribution in [3.05, 3.63) is 65.6 Å². The maximum absolute atomic E-state index is 13.1. The lowest BCUT2D eigenvalue weighted by Crippen LogP contribution is -2.09. The van der Waals surface area contributed by atoms with Gasteiger partial charge in [0.15, 0.2) is 0 Å². The van der Waals surface area contributed by atoms with Crippen molar-refractivity contribution in [2.75, 3.05) is 0 Å². The molecule has 0 aliphatic heterocycles. The molecule has 0 bridgehead atoms. The van der Waals surface area contributed by atoms with Crippen molar-refractivity contribution in [2.45, 2.75) is 24.9 Å². The molecule has 1 aromatic carbocycles. The number of benzene rings is 1. The van der Waals surface area contributed by atoms with Crippen LogP contribution in [0.25, 0.3) is 16.9 Å². The SMILES string of the molecule is O=C(O)c1c(-c2cccnc2)nn(-c2cccc(C(F)(F)F)c2)c1C1CC1. The number of rotatable bonds is 4. The van der Waals surface area contributed by atoms with Crippen molar-refractivity contribution in [3.8, 4) is 16.9 Å². The molecule has 2 aromatic heterocycles. The van der Waals surface area contributed by atoms with E-state index in [-0.39, 0.29) is 22.9 Å². The second-order valence-corrected chi connectivity index (χ2v) is 6.39. The molecule has 0 saturated heterocycles. The van der Waals surface area contributed by atoms with E-state index in [1.165, 1.54) is 23.0 Å². The normalized spacial score (nSPS) is 14.3. The number of carbonyl (C=O) groups is 1. The molecular weight excluding hydrogens is 359 g/mol. The fourth-order valence-corrected chi connectivity index (χ4v) is 3.09. The molecule has 1 saturated carbocycles. The Labute approximate surface area is 152 Å². The average molecular weight is 373 g/mol. The Kier molecular flexibility index (Phi) is 3.98. The van der Waals surface area contributed by atoms with E-state index in [4.69, 9.17) is 0 Å². The monoisotopic (exact) mass is 373 g/mol. The molecule has 8 heteroatoms. The summed E-state index contributed by atoms with van der Waals surface area (Å²) < 4.78 is 40.6. The van der Waals surface area contributed by atoms with E-state index in [1.54, 1.807) is 18.3 Å². The van der Waals surface area contributed by atoms with Crippen molar-refractivity contribution >= 4 is 5.97 Å². The third-order valence-corrected chi connectivity index (χ3v) is 4.45. The highest BCUT2D eigenvalue weighted by molar-refractivity contribution is 5.96. The average Bonchev–Trinajstić information content (AvgIpc) is 3.40. The molecule has 0 radical (unpaired) electrons. The second kappa shape index (κ2) is 6.22. The number of carboxylic acids is 1. The lowest BCUT2D eigenvalue weighted by molar-refractivity contribution is -0.137. The number of alkyl halides is 3. The van der Waals surface area contributed by atoms with Crippen molar-refractivity contribution in [1.82, 2.24) is 14.8 Å². The first-order valence-corrected chi connectivity index (χ1v) is 8.30. The van der Waals surface area contributed by atoms with Gasteiger partial charge in [-0.15, -0.1) is 0 Å². The minimum atomic E-state index is -4.50. The molecule has 0 spiro atoms. The second-order valence-electron chi connectivity index (χ2n) is 6.39. The highest BCUT2D eigenvalue weighted by Crippen LogP contribution is 2.45. The van der Waals surface area contributed by atoms with Gasteiger partial charge in [0.2, 0.25) is 0 Å². The number of halogens is 3. The predicted molar refractivity (Wildman–Crippen MR) is 90.7 cm³/mol. The predicted octanol–water partition coefficient (Wildman–Crippen LogP) is 4.53. The standard InChI is InChI=1S/C19H14F3N3O2/c20-19(21,22)13-4-1-5-14(9-13)25-17(11-6-7-11)15(18(26)27)16(24-25)12-3-2-8-23-10-12/h1-5,8-11H,6-7H2,(H,26,27). The van der Waals surface area contributed by atoms with Gasteiger partial charge in [-0.2, -0.15) is 18.3 Å². The smallest absolute Gasteiger partial charge is 0.416 e. The molecule has 0 amide bonds. The largest absolute Gasteiger partial charge is 0.478 e. The molecule has 1 aliphatic rings. The highest BCUT2D eigenvalue weighted by atomic mass is 19.4. The first kappa shape index (κ1) is 17.3. The van der Waals surface area contributed by atoms with Crippen LogP contribution in [0.5, 0.6) is 0 Å². The zero-order valence-electron chi connectivity index (χ0n) is 13.9.